The van der Waals surface area contributed by atoms with Gasteiger partial charge in [-0.1, -0.05) is 24.3 Å². The van der Waals surface area contributed by atoms with Crippen molar-refractivity contribution < 1.29 is 5.11 Å². The molecule has 6 nitrogen and oxygen atoms in total. The second kappa shape index (κ2) is 4.27. The van der Waals surface area contributed by atoms with Gasteiger partial charge >= 0.3 is 0 Å². The smallest absolute Gasteiger partial charge is 0.162 e. The third-order valence-electron chi connectivity index (χ3n) is 4.95. The van der Waals surface area contributed by atoms with Crippen LogP contribution in [0.4, 0.5) is 0 Å². The fourth-order valence-corrected chi connectivity index (χ4v) is 3.94. The molecule has 2 aliphatic rings. The van der Waals surface area contributed by atoms with Gasteiger partial charge in [0, 0.05) is 18.0 Å². The van der Waals surface area contributed by atoms with Gasteiger partial charge in [-0.2, -0.15) is 0 Å². The molecule has 0 unspecified atom stereocenters. The van der Waals surface area contributed by atoms with Crippen molar-refractivity contribution in [3.05, 3.63) is 54.5 Å². The second-order valence-electron chi connectivity index (χ2n) is 6.00. The first-order chi connectivity index (χ1) is 10.8. The number of aliphatic hydroxyl groups is 1. The van der Waals surface area contributed by atoms with Gasteiger partial charge in [-0.05, 0) is 12.0 Å². The molecule has 6 heteroatoms. The van der Waals surface area contributed by atoms with Crippen LogP contribution in [-0.2, 0) is 6.54 Å². The van der Waals surface area contributed by atoms with Gasteiger partial charge < -0.3 is 14.2 Å². The minimum Gasteiger partial charge on any atom is -0.385 e. The van der Waals surface area contributed by atoms with Gasteiger partial charge in [0.15, 0.2) is 5.82 Å². The van der Waals surface area contributed by atoms with Gasteiger partial charge in [0.25, 0.3) is 0 Å². The van der Waals surface area contributed by atoms with Gasteiger partial charge in [-0.3, -0.25) is 0 Å². The van der Waals surface area contributed by atoms with Crippen LogP contribution in [-0.4, -0.2) is 29.4 Å². The average molecular weight is 293 g/mol. The predicted octanol–water partition coefficient (Wildman–Crippen LogP) is 1.80. The van der Waals surface area contributed by atoms with E-state index in [0.29, 0.717) is 5.82 Å². The fraction of sp³-hybridized carbons (Fsp3) is 0.312. The normalized spacial score (nSPS) is 25.6. The number of benzene rings is 1. The van der Waals surface area contributed by atoms with Crippen LogP contribution in [0.25, 0.3) is 11.3 Å². The van der Waals surface area contributed by atoms with Crippen molar-refractivity contribution >= 4 is 0 Å². The molecule has 110 valence electrons. The molecule has 22 heavy (non-hydrogen) atoms. The molecular weight excluding hydrogens is 278 g/mol. The Hall–Kier alpha value is -2.47. The second-order valence-corrected chi connectivity index (χ2v) is 6.00. The van der Waals surface area contributed by atoms with Gasteiger partial charge in [-0.25, -0.2) is 4.98 Å². The first-order valence-electron chi connectivity index (χ1n) is 7.51. The summed E-state index contributed by atoms with van der Waals surface area (Å²) in [6, 6.07) is 8.49. The number of hydrogen-bond acceptors (Lipinski definition) is 4. The predicted molar refractivity (Wildman–Crippen MR) is 78.9 cm³/mol. The largest absolute Gasteiger partial charge is 0.385 e. The first-order valence-corrected chi connectivity index (χ1v) is 7.51. The number of nitrogens with zero attached hydrogens (tertiary/aromatic N) is 5. The maximum Gasteiger partial charge on any atom is 0.162 e. The summed E-state index contributed by atoms with van der Waals surface area (Å²) >= 11 is 0. The average Bonchev–Trinajstić information content (AvgIpc) is 3.23. The monoisotopic (exact) mass is 293 g/mol. The lowest BCUT2D eigenvalue weighted by atomic mass is 9.84. The summed E-state index contributed by atoms with van der Waals surface area (Å²) in [7, 11) is 0. The highest BCUT2D eigenvalue weighted by Crippen LogP contribution is 2.48. The van der Waals surface area contributed by atoms with Crippen LogP contribution >= 0.6 is 0 Å². The number of fused-ring (bicyclic) bond motifs is 4. The highest BCUT2D eigenvalue weighted by atomic mass is 16.3. The van der Waals surface area contributed by atoms with Crippen molar-refractivity contribution in [1.82, 2.24) is 24.3 Å². The molecule has 2 aliphatic heterocycles. The Morgan fingerprint density at radius 2 is 2.09 bits per heavy atom. The van der Waals surface area contributed by atoms with Crippen LogP contribution in [0.5, 0.6) is 0 Å². The Balaban J connectivity index is 1.65. The molecule has 0 amide bonds. The summed E-state index contributed by atoms with van der Waals surface area (Å²) in [6.45, 7) is 0.840. The zero-order chi connectivity index (χ0) is 14.7. The van der Waals surface area contributed by atoms with Gasteiger partial charge in [-0.15, -0.1) is 10.2 Å². The Bertz CT molecular complexity index is 852. The van der Waals surface area contributed by atoms with Crippen molar-refractivity contribution in [2.75, 3.05) is 0 Å². The minimum absolute atomic E-state index is 0.0771. The van der Waals surface area contributed by atoms with E-state index in [0.717, 1.165) is 18.7 Å². The van der Waals surface area contributed by atoms with Crippen molar-refractivity contribution in [2.45, 2.75) is 25.1 Å². The molecule has 1 N–H and O–H groups in total. The van der Waals surface area contributed by atoms with E-state index in [1.807, 2.05) is 23.2 Å². The molecule has 0 saturated heterocycles. The quantitative estimate of drug-likeness (QED) is 0.743. The van der Waals surface area contributed by atoms with Crippen LogP contribution in [0.3, 0.4) is 0 Å². The number of imidazole rings is 1. The SMILES string of the molecule is O[C@H]1c2nncn2CC[C@H]1[C@H]1c2ccccc2-c2cncn21. The van der Waals surface area contributed by atoms with Crippen molar-refractivity contribution in [3.63, 3.8) is 0 Å². The van der Waals surface area contributed by atoms with Crippen LogP contribution in [0.2, 0.25) is 0 Å². The third-order valence-corrected chi connectivity index (χ3v) is 4.95. The highest BCUT2D eigenvalue weighted by molar-refractivity contribution is 5.69. The molecule has 0 radical (unpaired) electrons. The standard InChI is InChI=1S/C16H15N5O/c22-15-12(5-6-20-9-18-19-16(15)20)14-11-4-2-1-3-10(11)13-7-17-8-21(13)14/h1-4,7-9,12,14-15,22H,5-6H2/t12-,14+,15+/m0/s1. The number of aliphatic hydroxyl groups excluding tert-OH is 1. The lowest BCUT2D eigenvalue weighted by molar-refractivity contribution is 0.0512. The lowest BCUT2D eigenvalue weighted by Crippen LogP contribution is -2.31. The first kappa shape index (κ1) is 12.1. The number of aryl methyl sites for hydroxylation is 1. The van der Waals surface area contributed by atoms with Gasteiger partial charge in [0.2, 0.25) is 0 Å². The maximum atomic E-state index is 10.8. The number of rotatable bonds is 1. The minimum atomic E-state index is -0.609. The fourth-order valence-electron chi connectivity index (χ4n) is 3.94. The van der Waals surface area contributed by atoms with Crippen LogP contribution < -0.4 is 0 Å². The zero-order valence-electron chi connectivity index (χ0n) is 11.9. The van der Waals surface area contributed by atoms with E-state index < -0.39 is 6.10 Å². The molecule has 0 spiro atoms. The molecule has 5 rings (SSSR count). The van der Waals surface area contributed by atoms with E-state index in [2.05, 4.69) is 37.9 Å². The third kappa shape index (κ3) is 1.45. The molecule has 0 bridgehead atoms. The van der Waals surface area contributed by atoms with Gasteiger partial charge in [0.1, 0.15) is 12.4 Å². The highest BCUT2D eigenvalue weighted by Gasteiger charge is 2.41. The summed E-state index contributed by atoms with van der Waals surface area (Å²) in [4.78, 5) is 4.30. The summed E-state index contributed by atoms with van der Waals surface area (Å²) in [5.74, 6) is 0.746. The van der Waals surface area contributed by atoms with Crippen molar-refractivity contribution in [2.24, 2.45) is 5.92 Å². The van der Waals surface area contributed by atoms with Crippen LogP contribution in [0.1, 0.15) is 30.0 Å². The summed E-state index contributed by atoms with van der Waals surface area (Å²) < 4.78 is 4.13. The number of aromatic nitrogens is 5. The van der Waals surface area contributed by atoms with Gasteiger partial charge in [0.05, 0.1) is 24.3 Å². The summed E-state index contributed by atoms with van der Waals surface area (Å²) in [6.07, 6.45) is 5.74. The van der Waals surface area contributed by atoms with E-state index >= 15 is 0 Å². The molecule has 0 aliphatic carbocycles. The van der Waals surface area contributed by atoms with E-state index in [-0.39, 0.29) is 12.0 Å². The Morgan fingerprint density at radius 3 is 3.05 bits per heavy atom. The lowest BCUT2D eigenvalue weighted by Gasteiger charge is -2.33. The molecule has 3 aromatic rings. The Morgan fingerprint density at radius 1 is 1.18 bits per heavy atom. The van der Waals surface area contributed by atoms with E-state index in [9.17, 15) is 5.11 Å². The van der Waals surface area contributed by atoms with Crippen LogP contribution in [0.15, 0.2) is 43.1 Å². The van der Waals surface area contributed by atoms with Crippen LogP contribution in [0, 0.1) is 5.92 Å². The van der Waals surface area contributed by atoms with Crippen molar-refractivity contribution in [3.8, 4) is 11.3 Å². The van der Waals surface area contributed by atoms with E-state index in [1.165, 1.54) is 11.1 Å². The summed E-state index contributed by atoms with van der Waals surface area (Å²) in [5, 5.41) is 18.8. The molecule has 2 aromatic heterocycles. The molecule has 3 atom stereocenters. The molecule has 4 heterocycles. The Kier molecular flexibility index (Phi) is 2.35. The summed E-state index contributed by atoms with van der Waals surface area (Å²) in [5.41, 5.74) is 3.60. The van der Waals surface area contributed by atoms with Crippen molar-refractivity contribution in [1.29, 1.82) is 0 Å². The maximum absolute atomic E-state index is 10.8. The molecule has 1 aromatic carbocycles. The number of hydrogen-bond donors (Lipinski definition) is 1. The molecular formula is C16H15N5O. The van der Waals surface area contributed by atoms with E-state index in [1.54, 1.807) is 6.33 Å². The topological polar surface area (TPSA) is 68.8 Å². The molecule has 0 saturated carbocycles. The Labute approximate surface area is 127 Å². The zero-order valence-corrected chi connectivity index (χ0v) is 11.9. The van der Waals surface area contributed by atoms with E-state index in [4.69, 9.17) is 0 Å². The molecule has 0 fully saturated rings.